The topological polar surface area (TPSA) is 87.2 Å². The molecule has 0 saturated heterocycles. The van der Waals surface area contributed by atoms with Gasteiger partial charge in [-0.15, -0.1) is 10.2 Å². The standard InChI is InChI=1S/C22H23N5O2/c1-4-27(19-7-5-6-15(2)14-19)22(29)20-12-13-21(26-25-20)24-18-10-8-17(9-11-18)23-16(3)28/h5-14H,4H2,1-3H3,(H,23,28)(H,24,26). The summed E-state index contributed by atoms with van der Waals surface area (Å²) in [5.41, 5.74) is 3.71. The fourth-order valence-electron chi connectivity index (χ4n) is 2.88. The highest BCUT2D eigenvalue weighted by atomic mass is 16.2. The zero-order valence-corrected chi connectivity index (χ0v) is 16.6. The maximum absolute atomic E-state index is 12.9. The van der Waals surface area contributed by atoms with E-state index in [-0.39, 0.29) is 17.5 Å². The maximum atomic E-state index is 12.9. The molecule has 7 nitrogen and oxygen atoms in total. The molecule has 3 rings (SSSR count). The predicted molar refractivity (Wildman–Crippen MR) is 115 cm³/mol. The number of nitrogens with zero attached hydrogens (tertiary/aromatic N) is 3. The summed E-state index contributed by atoms with van der Waals surface area (Å²) in [5.74, 6) is 0.202. The van der Waals surface area contributed by atoms with Gasteiger partial charge in [-0.1, -0.05) is 12.1 Å². The molecule has 0 aliphatic rings. The van der Waals surface area contributed by atoms with Crippen molar-refractivity contribution >= 4 is 34.7 Å². The molecule has 0 aliphatic heterocycles. The quantitative estimate of drug-likeness (QED) is 0.661. The Balaban J connectivity index is 1.70. The molecule has 0 unspecified atom stereocenters. The van der Waals surface area contributed by atoms with Crippen LogP contribution in [0.1, 0.15) is 29.9 Å². The number of hydrogen-bond donors (Lipinski definition) is 2. The Kier molecular flexibility index (Phi) is 6.19. The Labute approximate surface area is 169 Å². The van der Waals surface area contributed by atoms with E-state index in [0.717, 1.165) is 16.9 Å². The van der Waals surface area contributed by atoms with Crippen LogP contribution >= 0.6 is 0 Å². The van der Waals surface area contributed by atoms with Crippen LogP contribution < -0.4 is 15.5 Å². The summed E-state index contributed by atoms with van der Waals surface area (Å²) in [5, 5.41) is 14.0. The molecule has 0 bridgehead atoms. The SMILES string of the molecule is CCN(C(=O)c1ccc(Nc2ccc(NC(C)=O)cc2)nn1)c1cccc(C)c1. The average molecular weight is 389 g/mol. The van der Waals surface area contributed by atoms with Crippen molar-refractivity contribution in [2.75, 3.05) is 22.1 Å². The van der Waals surface area contributed by atoms with Crippen molar-refractivity contribution in [1.82, 2.24) is 10.2 Å². The van der Waals surface area contributed by atoms with Crippen LogP contribution in [0.5, 0.6) is 0 Å². The highest BCUT2D eigenvalue weighted by Crippen LogP contribution is 2.20. The second-order valence-corrected chi connectivity index (χ2v) is 6.58. The van der Waals surface area contributed by atoms with Crippen molar-refractivity contribution in [3.8, 4) is 0 Å². The normalized spacial score (nSPS) is 10.3. The minimum atomic E-state index is -0.197. The van der Waals surface area contributed by atoms with Gasteiger partial charge in [0.05, 0.1) is 0 Å². The number of aromatic nitrogens is 2. The minimum absolute atomic E-state index is 0.122. The average Bonchev–Trinajstić information content (AvgIpc) is 2.70. The molecule has 148 valence electrons. The van der Waals surface area contributed by atoms with E-state index in [1.807, 2.05) is 50.2 Å². The van der Waals surface area contributed by atoms with Crippen molar-refractivity contribution in [2.45, 2.75) is 20.8 Å². The van der Waals surface area contributed by atoms with Crippen LogP contribution in [0.2, 0.25) is 0 Å². The number of nitrogens with one attached hydrogen (secondary N) is 2. The number of benzene rings is 2. The van der Waals surface area contributed by atoms with E-state index in [9.17, 15) is 9.59 Å². The molecule has 0 radical (unpaired) electrons. The van der Waals surface area contributed by atoms with E-state index in [4.69, 9.17) is 0 Å². The molecule has 0 saturated carbocycles. The molecule has 7 heteroatoms. The van der Waals surface area contributed by atoms with Gasteiger partial charge in [0.2, 0.25) is 5.91 Å². The minimum Gasteiger partial charge on any atom is -0.339 e. The van der Waals surface area contributed by atoms with Crippen molar-refractivity contribution in [3.05, 3.63) is 71.9 Å². The molecule has 29 heavy (non-hydrogen) atoms. The number of anilines is 4. The molecule has 1 aromatic heterocycles. The summed E-state index contributed by atoms with van der Waals surface area (Å²) in [4.78, 5) is 25.6. The first kappa shape index (κ1) is 20.0. The zero-order chi connectivity index (χ0) is 20.8. The number of amides is 2. The summed E-state index contributed by atoms with van der Waals surface area (Å²) in [6, 6.07) is 18.4. The number of aryl methyl sites for hydroxylation is 1. The molecular formula is C22H23N5O2. The lowest BCUT2D eigenvalue weighted by Gasteiger charge is -2.20. The van der Waals surface area contributed by atoms with E-state index in [0.29, 0.717) is 18.1 Å². The molecule has 0 fully saturated rings. The first-order valence-electron chi connectivity index (χ1n) is 9.33. The Bertz CT molecular complexity index is 1000. The van der Waals surface area contributed by atoms with Gasteiger partial charge in [0.1, 0.15) is 0 Å². The van der Waals surface area contributed by atoms with Crippen LogP contribution in [0.25, 0.3) is 0 Å². The van der Waals surface area contributed by atoms with Gasteiger partial charge in [0.15, 0.2) is 11.5 Å². The Morgan fingerprint density at radius 2 is 1.69 bits per heavy atom. The lowest BCUT2D eigenvalue weighted by molar-refractivity contribution is -0.114. The third-order valence-corrected chi connectivity index (χ3v) is 4.24. The molecule has 2 aromatic carbocycles. The fraction of sp³-hybridized carbons (Fsp3) is 0.182. The summed E-state index contributed by atoms with van der Waals surface area (Å²) in [6.07, 6.45) is 0. The fourth-order valence-corrected chi connectivity index (χ4v) is 2.88. The summed E-state index contributed by atoms with van der Waals surface area (Å²) >= 11 is 0. The van der Waals surface area contributed by atoms with E-state index in [1.165, 1.54) is 6.92 Å². The molecule has 2 amide bonds. The zero-order valence-electron chi connectivity index (χ0n) is 16.6. The molecule has 0 aliphatic carbocycles. The van der Waals surface area contributed by atoms with E-state index in [2.05, 4.69) is 20.8 Å². The van der Waals surface area contributed by atoms with Crippen LogP contribution in [0.3, 0.4) is 0 Å². The number of rotatable bonds is 6. The third kappa shape index (κ3) is 5.16. The van der Waals surface area contributed by atoms with Gasteiger partial charge in [-0.3, -0.25) is 9.59 Å². The molecule has 3 aromatic rings. The smallest absolute Gasteiger partial charge is 0.278 e. The largest absolute Gasteiger partial charge is 0.339 e. The first-order valence-corrected chi connectivity index (χ1v) is 9.33. The van der Waals surface area contributed by atoms with Crippen LogP contribution in [0.4, 0.5) is 22.9 Å². The highest BCUT2D eigenvalue weighted by Gasteiger charge is 2.18. The van der Waals surface area contributed by atoms with Gasteiger partial charge >= 0.3 is 0 Å². The maximum Gasteiger partial charge on any atom is 0.278 e. The number of hydrogen-bond acceptors (Lipinski definition) is 5. The van der Waals surface area contributed by atoms with Crippen molar-refractivity contribution in [2.24, 2.45) is 0 Å². The Morgan fingerprint density at radius 3 is 2.28 bits per heavy atom. The summed E-state index contributed by atoms with van der Waals surface area (Å²) < 4.78 is 0. The summed E-state index contributed by atoms with van der Waals surface area (Å²) in [6.45, 7) is 5.91. The molecule has 0 atom stereocenters. The van der Waals surface area contributed by atoms with Crippen molar-refractivity contribution in [3.63, 3.8) is 0 Å². The van der Waals surface area contributed by atoms with Crippen molar-refractivity contribution < 1.29 is 9.59 Å². The Morgan fingerprint density at radius 1 is 0.966 bits per heavy atom. The van der Waals surface area contributed by atoms with Gasteiger partial charge in [-0.2, -0.15) is 0 Å². The van der Waals surface area contributed by atoms with Gasteiger partial charge < -0.3 is 15.5 Å². The van der Waals surface area contributed by atoms with Crippen LogP contribution in [-0.4, -0.2) is 28.6 Å². The summed E-state index contributed by atoms with van der Waals surface area (Å²) in [7, 11) is 0. The molecule has 2 N–H and O–H groups in total. The van der Waals surface area contributed by atoms with E-state index >= 15 is 0 Å². The highest BCUT2D eigenvalue weighted by molar-refractivity contribution is 6.04. The van der Waals surface area contributed by atoms with E-state index < -0.39 is 0 Å². The second-order valence-electron chi connectivity index (χ2n) is 6.58. The third-order valence-electron chi connectivity index (χ3n) is 4.24. The Hall–Kier alpha value is -3.74. The van der Waals surface area contributed by atoms with Gasteiger partial charge in [-0.05, 0) is 67.9 Å². The first-order chi connectivity index (χ1) is 14.0. The molecule has 0 spiro atoms. The van der Waals surface area contributed by atoms with Crippen molar-refractivity contribution in [1.29, 1.82) is 0 Å². The van der Waals surface area contributed by atoms with E-state index in [1.54, 1.807) is 29.2 Å². The predicted octanol–water partition coefficient (Wildman–Crippen LogP) is 4.15. The van der Waals surface area contributed by atoms with Gasteiger partial charge in [-0.25, -0.2) is 0 Å². The van der Waals surface area contributed by atoms with Crippen LogP contribution in [-0.2, 0) is 4.79 Å². The van der Waals surface area contributed by atoms with Gasteiger partial charge in [0, 0.05) is 30.5 Å². The molecular weight excluding hydrogens is 366 g/mol. The number of carbonyl (C=O) groups is 2. The van der Waals surface area contributed by atoms with Gasteiger partial charge in [0.25, 0.3) is 5.91 Å². The number of carbonyl (C=O) groups excluding carboxylic acids is 2. The monoisotopic (exact) mass is 389 g/mol. The second kappa shape index (κ2) is 8.97. The molecule has 1 heterocycles. The lowest BCUT2D eigenvalue weighted by atomic mass is 10.2. The van der Waals surface area contributed by atoms with Crippen LogP contribution in [0.15, 0.2) is 60.7 Å². The lowest BCUT2D eigenvalue weighted by Crippen LogP contribution is -2.31. The van der Waals surface area contributed by atoms with Crippen LogP contribution in [0, 0.1) is 6.92 Å².